The van der Waals surface area contributed by atoms with Gasteiger partial charge in [-0.05, 0) is 32.0 Å². The highest BCUT2D eigenvalue weighted by Crippen LogP contribution is 2.28. The summed E-state index contributed by atoms with van der Waals surface area (Å²) in [4.78, 5) is 14.6. The van der Waals surface area contributed by atoms with E-state index in [9.17, 15) is 4.79 Å². The molecule has 0 atom stereocenters. The van der Waals surface area contributed by atoms with Crippen molar-refractivity contribution in [2.45, 2.75) is 19.9 Å². The van der Waals surface area contributed by atoms with E-state index in [1.165, 1.54) is 9.25 Å². The fourth-order valence-electron chi connectivity index (χ4n) is 2.66. The Morgan fingerprint density at radius 2 is 2.00 bits per heavy atom. The zero-order valence-corrected chi connectivity index (χ0v) is 13.5. The van der Waals surface area contributed by atoms with Crippen molar-refractivity contribution in [3.63, 3.8) is 0 Å². The number of hydrogen-bond donors (Lipinski definition) is 1. The maximum absolute atomic E-state index is 12.3. The van der Waals surface area contributed by atoms with Crippen molar-refractivity contribution in [3.8, 4) is 5.69 Å². The van der Waals surface area contributed by atoms with Gasteiger partial charge in [0.25, 0.3) is 0 Å². The van der Waals surface area contributed by atoms with Gasteiger partial charge in [-0.1, -0.05) is 11.6 Å². The van der Waals surface area contributed by atoms with Crippen LogP contribution >= 0.6 is 11.6 Å². The van der Waals surface area contributed by atoms with Crippen molar-refractivity contribution in [2.75, 3.05) is 31.1 Å². The topological polar surface area (TPSA) is 55.1 Å². The third kappa shape index (κ3) is 2.76. The number of piperazine rings is 1. The first-order chi connectivity index (χ1) is 10.6. The van der Waals surface area contributed by atoms with Gasteiger partial charge in [0.15, 0.2) is 0 Å². The lowest BCUT2D eigenvalue weighted by Crippen LogP contribution is -2.43. The van der Waals surface area contributed by atoms with Crippen molar-refractivity contribution in [3.05, 3.63) is 40.0 Å². The molecule has 0 aliphatic carbocycles. The first-order valence-electron chi connectivity index (χ1n) is 7.49. The SMILES string of the molecule is CC(C)n1ncn(-c2ccc(N3CCNCC3)c(Cl)c2)c1=O. The summed E-state index contributed by atoms with van der Waals surface area (Å²) in [5.74, 6) is 0. The molecule has 1 aromatic carbocycles. The molecule has 0 radical (unpaired) electrons. The van der Waals surface area contributed by atoms with Crippen molar-refractivity contribution >= 4 is 17.3 Å². The second-order valence-electron chi connectivity index (χ2n) is 5.69. The average molecular weight is 322 g/mol. The summed E-state index contributed by atoms with van der Waals surface area (Å²) < 4.78 is 2.98. The average Bonchev–Trinajstić information content (AvgIpc) is 2.90. The van der Waals surface area contributed by atoms with Gasteiger partial charge >= 0.3 is 5.69 Å². The molecular formula is C15H20ClN5O. The maximum atomic E-state index is 12.3. The minimum absolute atomic E-state index is 0.0318. The van der Waals surface area contributed by atoms with Crippen molar-refractivity contribution in [2.24, 2.45) is 0 Å². The van der Waals surface area contributed by atoms with Crippen molar-refractivity contribution < 1.29 is 0 Å². The first-order valence-corrected chi connectivity index (χ1v) is 7.87. The summed E-state index contributed by atoms with van der Waals surface area (Å²) >= 11 is 6.43. The predicted octanol–water partition coefficient (Wildman–Crippen LogP) is 1.68. The van der Waals surface area contributed by atoms with Gasteiger partial charge in [0.1, 0.15) is 6.33 Å². The van der Waals surface area contributed by atoms with Crippen LogP contribution in [-0.4, -0.2) is 40.5 Å². The molecule has 0 amide bonds. The highest BCUT2D eigenvalue weighted by Gasteiger charge is 2.15. The molecule has 3 rings (SSSR count). The summed E-state index contributed by atoms with van der Waals surface area (Å²) in [5, 5.41) is 8.12. The standard InChI is InChI=1S/C15H20ClN5O/c1-11(2)21-15(22)20(10-18-21)12-3-4-14(13(16)9-12)19-7-5-17-6-8-19/h3-4,9-11,17H,5-8H2,1-2H3. The summed E-state index contributed by atoms with van der Waals surface area (Å²) in [6.45, 7) is 7.64. The molecule has 1 aliphatic heterocycles. The number of benzene rings is 1. The van der Waals surface area contributed by atoms with Crippen LogP contribution in [0.5, 0.6) is 0 Å². The molecule has 7 heteroatoms. The van der Waals surface area contributed by atoms with Gasteiger partial charge in [-0.2, -0.15) is 5.10 Å². The number of nitrogens with zero attached hydrogens (tertiary/aromatic N) is 4. The van der Waals surface area contributed by atoms with E-state index in [0.29, 0.717) is 5.02 Å². The monoisotopic (exact) mass is 321 g/mol. The second kappa shape index (κ2) is 6.14. The van der Waals surface area contributed by atoms with Crippen LogP contribution < -0.4 is 15.9 Å². The zero-order valence-electron chi connectivity index (χ0n) is 12.8. The van der Waals surface area contributed by atoms with Gasteiger partial charge in [-0.25, -0.2) is 14.0 Å². The summed E-state index contributed by atoms with van der Waals surface area (Å²) in [6, 6.07) is 5.75. The highest BCUT2D eigenvalue weighted by atomic mass is 35.5. The van der Waals surface area contributed by atoms with E-state index in [1.54, 1.807) is 6.33 Å². The van der Waals surface area contributed by atoms with E-state index in [1.807, 2.05) is 32.0 Å². The second-order valence-corrected chi connectivity index (χ2v) is 6.10. The Bertz CT molecular complexity index is 715. The minimum atomic E-state index is -0.152. The number of aromatic nitrogens is 3. The van der Waals surface area contributed by atoms with Crippen LogP contribution in [0, 0.1) is 0 Å². The Morgan fingerprint density at radius 3 is 2.59 bits per heavy atom. The van der Waals surface area contributed by atoms with Crippen molar-refractivity contribution in [1.29, 1.82) is 0 Å². The fourth-order valence-corrected chi connectivity index (χ4v) is 2.95. The molecule has 6 nitrogen and oxygen atoms in total. The summed E-state index contributed by atoms with van der Waals surface area (Å²) in [7, 11) is 0. The number of halogens is 1. The Hall–Kier alpha value is -1.79. The third-order valence-corrected chi connectivity index (χ3v) is 4.15. The molecule has 0 spiro atoms. The van der Waals surface area contributed by atoms with E-state index in [0.717, 1.165) is 37.6 Å². The van der Waals surface area contributed by atoms with Crippen LogP contribution in [0.25, 0.3) is 5.69 Å². The molecule has 0 bridgehead atoms. The first kappa shape index (κ1) is 15.1. The molecule has 118 valence electrons. The Balaban J connectivity index is 1.93. The van der Waals surface area contributed by atoms with Crippen LogP contribution in [0.4, 0.5) is 5.69 Å². The molecular weight excluding hydrogens is 302 g/mol. The number of nitrogens with one attached hydrogen (secondary N) is 1. The molecule has 1 aliphatic rings. The fraction of sp³-hybridized carbons (Fsp3) is 0.467. The molecule has 0 saturated carbocycles. The molecule has 1 aromatic heterocycles. The van der Waals surface area contributed by atoms with Gasteiger partial charge in [0.2, 0.25) is 0 Å². The van der Waals surface area contributed by atoms with Crippen LogP contribution in [0.3, 0.4) is 0 Å². The van der Waals surface area contributed by atoms with Gasteiger partial charge < -0.3 is 10.2 Å². The molecule has 22 heavy (non-hydrogen) atoms. The minimum Gasteiger partial charge on any atom is -0.368 e. The van der Waals surface area contributed by atoms with Crippen LogP contribution in [-0.2, 0) is 0 Å². The largest absolute Gasteiger partial charge is 0.368 e. The van der Waals surface area contributed by atoms with E-state index in [-0.39, 0.29) is 11.7 Å². The summed E-state index contributed by atoms with van der Waals surface area (Å²) in [5.41, 5.74) is 1.60. The molecule has 1 N–H and O–H groups in total. The number of anilines is 1. The summed E-state index contributed by atoms with van der Waals surface area (Å²) in [6.07, 6.45) is 1.54. The Morgan fingerprint density at radius 1 is 1.27 bits per heavy atom. The molecule has 2 heterocycles. The van der Waals surface area contributed by atoms with E-state index in [2.05, 4.69) is 15.3 Å². The lowest BCUT2D eigenvalue weighted by molar-refractivity contribution is 0.511. The number of hydrogen-bond acceptors (Lipinski definition) is 4. The quantitative estimate of drug-likeness (QED) is 0.934. The normalized spacial score (nSPS) is 15.5. The molecule has 2 aromatic rings. The van der Waals surface area contributed by atoms with Crippen molar-refractivity contribution in [1.82, 2.24) is 19.7 Å². The van der Waals surface area contributed by atoms with Gasteiger partial charge in [0.05, 0.1) is 22.4 Å². The number of rotatable bonds is 3. The molecule has 1 saturated heterocycles. The highest BCUT2D eigenvalue weighted by molar-refractivity contribution is 6.33. The van der Waals surface area contributed by atoms with E-state index in [4.69, 9.17) is 11.6 Å². The Labute approximate surface area is 134 Å². The van der Waals surface area contributed by atoms with Crippen LogP contribution in [0.15, 0.2) is 29.3 Å². The molecule has 0 unspecified atom stereocenters. The van der Waals surface area contributed by atoms with Gasteiger partial charge in [-0.3, -0.25) is 0 Å². The lowest BCUT2D eigenvalue weighted by Gasteiger charge is -2.30. The van der Waals surface area contributed by atoms with E-state index >= 15 is 0 Å². The molecule has 1 fully saturated rings. The third-order valence-electron chi connectivity index (χ3n) is 3.85. The smallest absolute Gasteiger partial charge is 0.350 e. The maximum Gasteiger partial charge on any atom is 0.350 e. The Kier molecular flexibility index (Phi) is 4.22. The van der Waals surface area contributed by atoms with Gasteiger partial charge in [-0.15, -0.1) is 0 Å². The van der Waals surface area contributed by atoms with Gasteiger partial charge in [0, 0.05) is 26.2 Å². The lowest BCUT2D eigenvalue weighted by atomic mass is 10.2. The van der Waals surface area contributed by atoms with E-state index < -0.39 is 0 Å². The van der Waals surface area contributed by atoms with Crippen LogP contribution in [0.1, 0.15) is 19.9 Å². The zero-order chi connectivity index (χ0) is 15.7. The predicted molar refractivity (Wildman–Crippen MR) is 88.3 cm³/mol. The van der Waals surface area contributed by atoms with Crippen LogP contribution in [0.2, 0.25) is 5.02 Å².